The van der Waals surface area contributed by atoms with Crippen LogP contribution in [0, 0.1) is 0 Å². The fourth-order valence-electron chi connectivity index (χ4n) is 3.90. The average Bonchev–Trinajstić information content (AvgIpc) is 3.45. The lowest BCUT2D eigenvalue weighted by atomic mass is 10.1. The minimum absolute atomic E-state index is 0.213. The fraction of sp³-hybridized carbons (Fsp3) is 0.182. The van der Waals surface area contributed by atoms with E-state index in [1.807, 2.05) is 12.4 Å². The third kappa shape index (κ3) is 3.39. The Labute approximate surface area is 174 Å². The molecule has 1 aromatic carbocycles. The average molecular weight is 420 g/mol. The number of sulfonamides is 1. The van der Waals surface area contributed by atoms with E-state index in [0.29, 0.717) is 11.3 Å². The maximum Gasteiger partial charge on any atom is 0.261 e. The van der Waals surface area contributed by atoms with E-state index in [2.05, 4.69) is 30.6 Å². The molecule has 0 unspecified atom stereocenters. The Hall–Kier alpha value is -3.39. The van der Waals surface area contributed by atoms with Crippen molar-refractivity contribution in [3.05, 3.63) is 67.3 Å². The van der Waals surface area contributed by atoms with Crippen LogP contribution in [-0.4, -0.2) is 36.5 Å². The number of nitrogens with zero attached hydrogens (tertiary/aromatic N) is 3. The Bertz CT molecular complexity index is 1300. The molecule has 0 bridgehead atoms. The molecule has 0 aliphatic carbocycles. The van der Waals surface area contributed by atoms with Gasteiger partial charge in [-0.15, -0.1) is 0 Å². The number of rotatable bonds is 5. The van der Waals surface area contributed by atoms with Crippen molar-refractivity contribution in [2.24, 2.45) is 0 Å². The highest BCUT2D eigenvalue weighted by Crippen LogP contribution is 2.35. The summed E-state index contributed by atoms with van der Waals surface area (Å²) in [6.07, 6.45) is 9.48. The lowest BCUT2D eigenvalue weighted by Gasteiger charge is -2.17. The second-order valence-corrected chi connectivity index (χ2v) is 9.01. The van der Waals surface area contributed by atoms with Crippen molar-refractivity contribution in [2.45, 2.75) is 17.7 Å². The summed E-state index contributed by atoms with van der Waals surface area (Å²) >= 11 is 0. The van der Waals surface area contributed by atoms with Gasteiger partial charge in [0.25, 0.3) is 10.0 Å². The molecule has 1 fully saturated rings. The molecule has 1 aliphatic heterocycles. The van der Waals surface area contributed by atoms with Crippen LogP contribution >= 0.6 is 0 Å². The third-order valence-corrected chi connectivity index (χ3v) is 6.76. The zero-order valence-corrected chi connectivity index (χ0v) is 17.1. The molecule has 1 saturated heterocycles. The highest BCUT2D eigenvalue weighted by molar-refractivity contribution is 7.92. The van der Waals surface area contributed by atoms with Gasteiger partial charge in [-0.2, -0.15) is 0 Å². The zero-order chi connectivity index (χ0) is 20.6. The molecule has 0 atom stereocenters. The van der Waals surface area contributed by atoms with Crippen LogP contribution in [0.3, 0.4) is 0 Å². The first-order valence-corrected chi connectivity index (χ1v) is 11.3. The molecule has 3 aromatic heterocycles. The number of hydrogen-bond donors (Lipinski definition) is 2. The number of hydrogen-bond acceptors (Lipinski definition) is 5. The van der Waals surface area contributed by atoms with E-state index in [4.69, 9.17) is 0 Å². The third-order valence-electron chi connectivity index (χ3n) is 5.38. The summed E-state index contributed by atoms with van der Waals surface area (Å²) in [5.74, 6) is 0. The predicted octanol–water partition coefficient (Wildman–Crippen LogP) is 4.03. The van der Waals surface area contributed by atoms with Gasteiger partial charge in [-0.05, 0) is 37.1 Å². The lowest BCUT2D eigenvalue weighted by Crippen LogP contribution is -2.17. The first-order valence-electron chi connectivity index (χ1n) is 9.86. The Morgan fingerprint density at radius 3 is 2.63 bits per heavy atom. The number of aromatic nitrogens is 3. The molecule has 4 aromatic rings. The maximum absolute atomic E-state index is 12.9. The molecule has 4 heterocycles. The van der Waals surface area contributed by atoms with E-state index in [1.54, 1.807) is 48.8 Å². The van der Waals surface area contributed by atoms with Gasteiger partial charge >= 0.3 is 0 Å². The molecule has 0 saturated carbocycles. The summed E-state index contributed by atoms with van der Waals surface area (Å²) in [6, 6.07) is 12.1. The van der Waals surface area contributed by atoms with Gasteiger partial charge < -0.3 is 9.88 Å². The monoisotopic (exact) mass is 419 g/mol. The number of anilines is 2. The fourth-order valence-corrected chi connectivity index (χ4v) is 4.99. The minimum Gasteiger partial charge on any atom is -0.370 e. The molecule has 30 heavy (non-hydrogen) atoms. The second-order valence-electron chi connectivity index (χ2n) is 7.33. The van der Waals surface area contributed by atoms with E-state index in [0.717, 1.165) is 35.3 Å². The first-order chi connectivity index (χ1) is 14.6. The summed E-state index contributed by atoms with van der Waals surface area (Å²) in [6.45, 7) is 2.06. The summed E-state index contributed by atoms with van der Waals surface area (Å²) in [7, 11) is -3.72. The molecule has 5 rings (SSSR count). The van der Waals surface area contributed by atoms with Crippen LogP contribution in [0.15, 0.2) is 72.1 Å². The van der Waals surface area contributed by atoms with Crippen molar-refractivity contribution in [1.82, 2.24) is 15.0 Å². The Morgan fingerprint density at radius 1 is 1.03 bits per heavy atom. The van der Waals surface area contributed by atoms with Crippen LogP contribution in [0.25, 0.3) is 22.2 Å². The molecular weight excluding hydrogens is 398 g/mol. The smallest absolute Gasteiger partial charge is 0.261 e. The van der Waals surface area contributed by atoms with E-state index >= 15 is 0 Å². The number of fused-ring (bicyclic) bond motifs is 1. The highest BCUT2D eigenvalue weighted by Gasteiger charge is 2.19. The van der Waals surface area contributed by atoms with Crippen LogP contribution in [0.4, 0.5) is 11.4 Å². The van der Waals surface area contributed by atoms with Crippen molar-refractivity contribution >= 4 is 32.4 Å². The molecule has 7 nitrogen and oxygen atoms in total. The molecule has 8 heteroatoms. The highest BCUT2D eigenvalue weighted by atomic mass is 32.2. The quantitative estimate of drug-likeness (QED) is 0.510. The SMILES string of the molecule is O=S(=O)(Nc1ccnc2[nH]cc(-c3cncc(N4CCCC4)c3)c12)c1ccccc1. The number of pyridine rings is 2. The van der Waals surface area contributed by atoms with Gasteiger partial charge in [0.1, 0.15) is 5.65 Å². The molecule has 2 N–H and O–H groups in total. The van der Waals surface area contributed by atoms with Gasteiger partial charge in [-0.25, -0.2) is 13.4 Å². The van der Waals surface area contributed by atoms with E-state index in [-0.39, 0.29) is 4.90 Å². The molecule has 0 spiro atoms. The van der Waals surface area contributed by atoms with Crippen molar-refractivity contribution in [3.63, 3.8) is 0 Å². The minimum atomic E-state index is -3.72. The van der Waals surface area contributed by atoms with Crippen LogP contribution in [-0.2, 0) is 10.0 Å². The van der Waals surface area contributed by atoms with Crippen LogP contribution in [0.1, 0.15) is 12.8 Å². The summed E-state index contributed by atoms with van der Waals surface area (Å²) in [5.41, 5.74) is 3.95. The number of nitrogens with one attached hydrogen (secondary N) is 2. The van der Waals surface area contributed by atoms with Gasteiger partial charge in [-0.1, -0.05) is 18.2 Å². The Kier molecular flexibility index (Phi) is 4.63. The van der Waals surface area contributed by atoms with Crippen molar-refractivity contribution < 1.29 is 8.42 Å². The second kappa shape index (κ2) is 7.46. The van der Waals surface area contributed by atoms with Crippen LogP contribution in [0.2, 0.25) is 0 Å². The largest absolute Gasteiger partial charge is 0.370 e. The van der Waals surface area contributed by atoms with Crippen LogP contribution in [0.5, 0.6) is 0 Å². The Morgan fingerprint density at radius 2 is 1.83 bits per heavy atom. The van der Waals surface area contributed by atoms with Gasteiger partial charge in [0.2, 0.25) is 0 Å². The topological polar surface area (TPSA) is 91.0 Å². The lowest BCUT2D eigenvalue weighted by molar-refractivity contribution is 0.601. The summed E-state index contributed by atoms with van der Waals surface area (Å²) in [5, 5.41) is 0.720. The van der Waals surface area contributed by atoms with E-state index in [1.165, 1.54) is 12.8 Å². The van der Waals surface area contributed by atoms with Gasteiger partial charge in [-0.3, -0.25) is 9.71 Å². The number of benzene rings is 1. The van der Waals surface area contributed by atoms with Crippen molar-refractivity contribution in [2.75, 3.05) is 22.7 Å². The maximum atomic E-state index is 12.9. The normalized spacial score (nSPS) is 14.3. The standard InChI is InChI=1S/C22H21N5O2S/c28-30(29,18-6-2-1-3-7-18)26-20-8-9-24-22-21(20)19(15-25-22)16-12-17(14-23-13-16)27-10-4-5-11-27/h1-3,6-9,12-15H,4-5,10-11H2,(H2,24,25,26). The molecule has 1 aliphatic rings. The van der Waals surface area contributed by atoms with E-state index in [9.17, 15) is 8.42 Å². The van der Waals surface area contributed by atoms with Crippen molar-refractivity contribution in [1.29, 1.82) is 0 Å². The van der Waals surface area contributed by atoms with Gasteiger partial charge in [0, 0.05) is 42.8 Å². The molecular formula is C22H21N5O2S. The molecule has 152 valence electrons. The molecule has 0 radical (unpaired) electrons. The van der Waals surface area contributed by atoms with Gasteiger partial charge in [0.15, 0.2) is 0 Å². The number of H-pyrrole nitrogens is 1. The van der Waals surface area contributed by atoms with E-state index < -0.39 is 10.0 Å². The van der Waals surface area contributed by atoms with Crippen LogP contribution < -0.4 is 9.62 Å². The summed E-state index contributed by atoms with van der Waals surface area (Å²) < 4.78 is 28.5. The zero-order valence-electron chi connectivity index (χ0n) is 16.2. The van der Waals surface area contributed by atoms with Crippen molar-refractivity contribution in [3.8, 4) is 11.1 Å². The summed E-state index contributed by atoms with van der Waals surface area (Å²) in [4.78, 5) is 14.5. The first kappa shape index (κ1) is 18.6. The molecule has 0 amide bonds. The van der Waals surface area contributed by atoms with Gasteiger partial charge in [0.05, 0.1) is 27.9 Å². The Balaban J connectivity index is 1.58. The predicted molar refractivity (Wildman–Crippen MR) is 118 cm³/mol. The number of aromatic amines is 1.